The molecule has 1 unspecified atom stereocenters. The quantitative estimate of drug-likeness (QED) is 0.547. The van der Waals surface area contributed by atoms with Gasteiger partial charge in [-0.05, 0) is 44.7 Å². The average Bonchev–Trinajstić information content (AvgIpc) is 2.83. The Morgan fingerprint density at radius 2 is 2.00 bits per heavy atom. The van der Waals surface area contributed by atoms with Crippen molar-refractivity contribution in [1.82, 2.24) is 25.1 Å². The molecule has 1 fully saturated rings. The normalized spacial score (nSPS) is 16.5. The maximum absolute atomic E-state index is 12.9. The van der Waals surface area contributed by atoms with Crippen LogP contribution in [0.3, 0.4) is 0 Å². The van der Waals surface area contributed by atoms with Crippen molar-refractivity contribution in [3.05, 3.63) is 60.2 Å². The topological polar surface area (TPSA) is 78.4 Å². The Bertz CT molecular complexity index is 831. The second kappa shape index (κ2) is 12.9. The van der Waals surface area contributed by atoms with Crippen molar-refractivity contribution in [2.45, 2.75) is 51.5 Å². The number of likely N-dealkylation sites (tertiary alicyclic amines) is 1. The van der Waals surface area contributed by atoms with Gasteiger partial charge in [-0.15, -0.1) is 0 Å². The third-order valence-corrected chi connectivity index (χ3v) is 6.08. The van der Waals surface area contributed by atoms with Gasteiger partial charge in [0.2, 0.25) is 5.91 Å². The smallest absolute Gasteiger partial charge is 0.274 e. The van der Waals surface area contributed by atoms with Gasteiger partial charge in [0.05, 0.1) is 6.20 Å². The minimum absolute atomic E-state index is 0.0200. The summed E-state index contributed by atoms with van der Waals surface area (Å²) in [7, 11) is 0. The minimum Gasteiger partial charge on any atom is -0.356 e. The van der Waals surface area contributed by atoms with Crippen LogP contribution in [-0.2, 0) is 11.2 Å². The molecule has 1 saturated heterocycles. The van der Waals surface area contributed by atoms with Crippen molar-refractivity contribution < 1.29 is 9.59 Å². The summed E-state index contributed by atoms with van der Waals surface area (Å²) in [5.74, 6) is -0.214. The molecule has 2 aromatic rings. The lowest BCUT2D eigenvalue weighted by Crippen LogP contribution is -2.40. The molecule has 32 heavy (non-hydrogen) atoms. The van der Waals surface area contributed by atoms with Crippen molar-refractivity contribution in [2.24, 2.45) is 0 Å². The first-order valence-corrected chi connectivity index (χ1v) is 11.7. The predicted molar refractivity (Wildman–Crippen MR) is 125 cm³/mol. The molecule has 0 saturated carbocycles. The van der Waals surface area contributed by atoms with Crippen LogP contribution in [0.4, 0.5) is 0 Å². The fourth-order valence-corrected chi connectivity index (χ4v) is 4.12. The number of rotatable bonds is 11. The van der Waals surface area contributed by atoms with Crippen LogP contribution < -0.4 is 5.32 Å². The van der Waals surface area contributed by atoms with Gasteiger partial charge in [0.25, 0.3) is 5.91 Å². The summed E-state index contributed by atoms with van der Waals surface area (Å²) < 4.78 is 0. The van der Waals surface area contributed by atoms with Crippen LogP contribution in [0.1, 0.15) is 55.1 Å². The maximum Gasteiger partial charge on any atom is 0.274 e. The van der Waals surface area contributed by atoms with E-state index in [2.05, 4.69) is 27.1 Å². The predicted octanol–water partition coefficient (Wildman–Crippen LogP) is 2.93. The Balaban J connectivity index is 1.45. The number of carbonyl (C=O) groups is 2. The summed E-state index contributed by atoms with van der Waals surface area (Å²) in [5.41, 5.74) is 1.46. The molecule has 2 amide bonds. The molecule has 0 bridgehead atoms. The van der Waals surface area contributed by atoms with Crippen LogP contribution in [0.15, 0.2) is 48.9 Å². The van der Waals surface area contributed by atoms with Crippen LogP contribution in [-0.4, -0.2) is 70.3 Å². The molecule has 0 aliphatic carbocycles. The number of aromatic nitrogens is 2. The Labute approximate surface area is 191 Å². The van der Waals surface area contributed by atoms with E-state index in [-0.39, 0.29) is 18.2 Å². The van der Waals surface area contributed by atoms with Crippen molar-refractivity contribution in [3.8, 4) is 0 Å². The van der Waals surface area contributed by atoms with Crippen molar-refractivity contribution >= 4 is 11.8 Å². The van der Waals surface area contributed by atoms with Gasteiger partial charge < -0.3 is 15.1 Å². The average molecular weight is 438 g/mol. The minimum atomic E-state index is -0.194. The molecular weight excluding hydrogens is 402 g/mol. The summed E-state index contributed by atoms with van der Waals surface area (Å²) in [6.07, 6.45) is 10.3. The molecule has 1 aromatic carbocycles. The van der Waals surface area contributed by atoms with E-state index in [4.69, 9.17) is 0 Å². The van der Waals surface area contributed by atoms with Crippen LogP contribution in [0.2, 0.25) is 0 Å². The first kappa shape index (κ1) is 23.9. The zero-order valence-corrected chi connectivity index (χ0v) is 19.1. The molecule has 1 aromatic heterocycles. The molecule has 0 radical (unpaired) electrons. The highest BCUT2D eigenvalue weighted by atomic mass is 16.2. The highest BCUT2D eigenvalue weighted by Crippen LogP contribution is 2.16. The van der Waals surface area contributed by atoms with Crippen LogP contribution in [0, 0.1) is 0 Å². The number of nitrogens with zero attached hydrogens (tertiary/aromatic N) is 4. The van der Waals surface area contributed by atoms with E-state index in [0.29, 0.717) is 31.4 Å². The van der Waals surface area contributed by atoms with E-state index < -0.39 is 0 Å². The highest BCUT2D eigenvalue weighted by molar-refractivity contribution is 5.92. The number of carbonyl (C=O) groups excluding carboxylic acids is 2. The molecular formula is C25H35N5O2. The summed E-state index contributed by atoms with van der Waals surface area (Å²) in [6, 6.07) is 10.7. The molecule has 1 aliphatic heterocycles. The van der Waals surface area contributed by atoms with Gasteiger partial charge in [0, 0.05) is 51.0 Å². The molecule has 2 heterocycles. The Kier molecular flexibility index (Phi) is 9.62. The van der Waals surface area contributed by atoms with Crippen LogP contribution in [0.5, 0.6) is 0 Å². The summed E-state index contributed by atoms with van der Waals surface area (Å²) >= 11 is 0. The SMILES string of the molecule is CC1CCCCN1CCCNC(=O)CCN(CCc1ccccc1)C(=O)c1cnccn1. The second-order valence-electron chi connectivity index (χ2n) is 8.45. The molecule has 7 nitrogen and oxygen atoms in total. The lowest BCUT2D eigenvalue weighted by molar-refractivity contribution is -0.121. The third kappa shape index (κ3) is 7.71. The van der Waals surface area contributed by atoms with Gasteiger partial charge in [-0.2, -0.15) is 0 Å². The van der Waals surface area contributed by atoms with Gasteiger partial charge in [0.1, 0.15) is 5.69 Å². The lowest BCUT2D eigenvalue weighted by atomic mass is 10.0. The largest absolute Gasteiger partial charge is 0.356 e. The van der Waals surface area contributed by atoms with E-state index >= 15 is 0 Å². The zero-order valence-electron chi connectivity index (χ0n) is 19.1. The van der Waals surface area contributed by atoms with E-state index in [1.165, 1.54) is 31.7 Å². The summed E-state index contributed by atoms with van der Waals surface area (Å²) in [5, 5.41) is 3.01. The zero-order chi connectivity index (χ0) is 22.6. The number of benzene rings is 1. The van der Waals surface area contributed by atoms with Gasteiger partial charge in [-0.25, -0.2) is 4.98 Å². The number of hydrogen-bond acceptors (Lipinski definition) is 5. The second-order valence-corrected chi connectivity index (χ2v) is 8.45. The molecule has 1 N–H and O–H groups in total. The van der Waals surface area contributed by atoms with Gasteiger partial charge in [-0.3, -0.25) is 14.6 Å². The first-order valence-electron chi connectivity index (χ1n) is 11.7. The monoisotopic (exact) mass is 437 g/mol. The van der Waals surface area contributed by atoms with Crippen LogP contribution >= 0.6 is 0 Å². The van der Waals surface area contributed by atoms with Crippen molar-refractivity contribution in [1.29, 1.82) is 0 Å². The molecule has 1 aliphatic rings. The number of nitrogens with one attached hydrogen (secondary N) is 1. The van der Waals surface area contributed by atoms with E-state index in [1.54, 1.807) is 11.1 Å². The standard InChI is InChI=1S/C25H35N5O2/c1-21-8-5-6-16-29(21)17-7-13-28-24(31)12-19-30(18-11-22-9-3-2-4-10-22)25(32)23-20-26-14-15-27-23/h2-4,9-10,14-15,20-21H,5-8,11-13,16-19H2,1H3,(H,28,31). The van der Waals surface area contributed by atoms with Crippen LogP contribution in [0.25, 0.3) is 0 Å². The summed E-state index contributed by atoms with van der Waals surface area (Å²) in [4.78, 5) is 37.7. The fourth-order valence-electron chi connectivity index (χ4n) is 4.12. The van der Waals surface area contributed by atoms with Gasteiger partial charge >= 0.3 is 0 Å². The Morgan fingerprint density at radius 3 is 2.75 bits per heavy atom. The maximum atomic E-state index is 12.9. The lowest BCUT2D eigenvalue weighted by Gasteiger charge is -2.33. The molecule has 0 spiro atoms. The molecule has 1 atom stereocenters. The molecule has 172 valence electrons. The van der Waals surface area contributed by atoms with E-state index in [1.807, 2.05) is 30.3 Å². The van der Waals surface area contributed by atoms with Crippen molar-refractivity contribution in [3.63, 3.8) is 0 Å². The molecule has 7 heteroatoms. The molecule has 3 rings (SSSR count). The first-order chi connectivity index (χ1) is 15.6. The summed E-state index contributed by atoms with van der Waals surface area (Å²) in [6.45, 7) is 6.03. The van der Waals surface area contributed by atoms with E-state index in [0.717, 1.165) is 31.5 Å². The number of piperidine rings is 1. The fraction of sp³-hybridized carbons (Fsp3) is 0.520. The third-order valence-electron chi connectivity index (χ3n) is 6.08. The number of hydrogen-bond donors (Lipinski definition) is 1. The van der Waals surface area contributed by atoms with Gasteiger partial charge in [0.15, 0.2) is 0 Å². The van der Waals surface area contributed by atoms with Gasteiger partial charge in [-0.1, -0.05) is 36.8 Å². The number of amides is 2. The highest BCUT2D eigenvalue weighted by Gasteiger charge is 2.19. The Morgan fingerprint density at radius 1 is 1.16 bits per heavy atom. The van der Waals surface area contributed by atoms with E-state index in [9.17, 15) is 9.59 Å². The van der Waals surface area contributed by atoms with Crippen molar-refractivity contribution in [2.75, 3.05) is 32.7 Å². The Hall–Kier alpha value is -2.80.